The van der Waals surface area contributed by atoms with Crippen LogP contribution < -0.4 is 0 Å². The minimum absolute atomic E-state index is 0.256. The van der Waals surface area contributed by atoms with Gasteiger partial charge in [0.25, 0.3) is 0 Å². The van der Waals surface area contributed by atoms with Gasteiger partial charge in [0, 0.05) is 0 Å². The molecule has 0 heterocycles. The zero-order chi connectivity index (χ0) is 15.4. The van der Waals surface area contributed by atoms with E-state index in [1.807, 2.05) is 31.2 Å². The molecule has 0 aliphatic carbocycles. The van der Waals surface area contributed by atoms with Crippen LogP contribution in [0.15, 0.2) is 30.3 Å². The first-order valence-electron chi connectivity index (χ1n) is 6.96. The highest BCUT2D eigenvalue weighted by molar-refractivity contribution is 6.09. The van der Waals surface area contributed by atoms with E-state index in [0.717, 1.165) is 16.3 Å². The summed E-state index contributed by atoms with van der Waals surface area (Å²) in [7, 11) is 0. The molecule has 2 aromatic rings. The fourth-order valence-corrected chi connectivity index (χ4v) is 2.36. The van der Waals surface area contributed by atoms with Crippen LogP contribution in [0.1, 0.15) is 40.1 Å². The highest BCUT2D eigenvalue weighted by Gasteiger charge is 2.23. The molecular weight excluding hydrogens is 268 g/mol. The van der Waals surface area contributed by atoms with Crippen LogP contribution in [0.3, 0.4) is 0 Å². The van der Waals surface area contributed by atoms with Crippen molar-refractivity contribution in [1.29, 1.82) is 0 Å². The molecule has 2 rings (SSSR count). The van der Waals surface area contributed by atoms with Crippen LogP contribution in [0, 0.1) is 6.92 Å². The van der Waals surface area contributed by atoms with E-state index in [2.05, 4.69) is 0 Å². The van der Waals surface area contributed by atoms with Gasteiger partial charge in [-0.15, -0.1) is 0 Å². The SMILES string of the molecule is CCOC(=O)c1cc2ccccc2c(C)c1C(=O)OCC. The largest absolute Gasteiger partial charge is 0.462 e. The first kappa shape index (κ1) is 15.0. The maximum atomic E-state index is 12.2. The van der Waals surface area contributed by atoms with E-state index in [0.29, 0.717) is 0 Å². The van der Waals surface area contributed by atoms with E-state index < -0.39 is 11.9 Å². The summed E-state index contributed by atoms with van der Waals surface area (Å²) in [6.07, 6.45) is 0. The maximum Gasteiger partial charge on any atom is 0.339 e. The van der Waals surface area contributed by atoms with E-state index in [1.54, 1.807) is 19.9 Å². The summed E-state index contributed by atoms with van der Waals surface area (Å²) in [5.74, 6) is -1.00. The van der Waals surface area contributed by atoms with Gasteiger partial charge in [0.1, 0.15) is 0 Å². The molecule has 0 saturated heterocycles. The second-order valence-corrected chi connectivity index (χ2v) is 4.59. The molecule has 0 aliphatic heterocycles. The fourth-order valence-electron chi connectivity index (χ4n) is 2.36. The smallest absolute Gasteiger partial charge is 0.339 e. The predicted octanol–water partition coefficient (Wildman–Crippen LogP) is 3.50. The molecule has 0 spiro atoms. The number of esters is 2. The van der Waals surface area contributed by atoms with Crippen molar-refractivity contribution in [3.8, 4) is 0 Å². The van der Waals surface area contributed by atoms with Crippen LogP contribution in [-0.4, -0.2) is 25.2 Å². The third kappa shape index (κ3) is 2.89. The summed E-state index contributed by atoms with van der Waals surface area (Å²) in [5.41, 5.74) is 1.27. The Morgan fingerprint density at radius 2 is 1.62 bits per heavy atom. The van der Waals surface area contributed by atoms with Crippen molar-refractivity contribution in [2.75, 3.05) is 13.2 Å². The number of carbonyl (C=O) groups is 2. The standard InChI is InChI=1S/C17H18O4/c1-4-20-16(18)14-10-12-8-6-7-9-13(12)11(3)15(14)17(19)21-5-2/h6-10H,4-5H2,1-3H3. The Balaban J connectivity index is 2.71. The zero-order valence-electron chi connectivity index (χ0n) is 12.4. The lowest BCUT2D eigenvalue weighted by Crippen LogP contribution is -2.16. The van der Waals surface area contributed by atoms with Gasteiger partial charge in [-0.2, -0.15) is 0 Å². The topological polar surface area (TPSA) is 52.6 Å². The average Bonchev–Trinajstić information content (AvgIpc) is 2.47. The molecule has 0 aromatic heterocycles. The molecule has 0 bridgehead atoms. The molecule has 0 atom stereocenters. The second kappa shape index (κ2) is 6.39. The number of ether oxygens (including phenoxy) is 2. The van der Waals surface area contributed by atoms with Gasteiger partial charge < -0.3 is 9.47 Å². The molecule has 0 aliphatic rings. The Hall–Kier alpha value is -2.36. The number of hydrogen-bond acceptors (Lipinski definition) is 4. The molecule has 4 nitrogen and oxygen atoms in total. The van der Waals surface area contributed by atoms with E-state index in [1.165, 1.54) is 0 Å². The van der Waals surface area contributed by atoms with Crippen molar-refractivity contribution in [1.82, 2.24) is 0 Å². The zero-order valence-corrected chi connectivity index (χ0v) is 12.4. The molecule has 2 aromatic carbocycles. The van der Waals surface area contributed by atoms with Gasteiger partial charge >= 0.3 is 11.9 Å². The summed E-state index contributed by atoms with van der Waals surface area (Å²) in [4.78, 5) is 24.3. The van der Waals surface area contributed by atoms with Crippen LogP contribution in [0.25, 0.3) is 10.8 Å². The lowest BCUT2D eigenvalue weighted by Gasteiger charge is -2.13. The summed E-state index contributed by atoms with van der Waals surface area (Å²) in [5, 5.41) is 1.82. The Bertz CT molecular complexity index is 688. The monoisotopic (exact) mass is 286 g/mol. The molecule has 21 heavy (non-hydrogen) atoms. The molecule has 0 radical (unpaired) electrons. The van der Waals surface area contributed by atoms with Crippen LogP contribution in [0.4, 0.5) is 0 Å². The van der Waals surface area contributed by atoms with E-state index >= 15 is 0 Å². The number of fused-ring (bicyclic) bond motifs is 1. The number of rotatable bonds is 4. The first-order valence-corrected chi connectivity index (χ1v) is 6.96. The lowest BCUT2D eigenvalue weighted by atomic mass is 9.95. The van der Waals surface area contributed by atoms with Gasteiger partial charge in [-0.3, -0.25) is 0 Å². The molecule has 0 unspecified atom stereocenters. The number of carbonyl (C=O) groups excluding carboxylic acids is 2. The van der Waals surface area contributed by atoms with E-state index in [-0.39, 0.29) is 24.3 Å². The van der Waals surface area contributed by atoms with Crippen molar-refractivity contribution in [2.45, 2.75) is 20.8 Å². The Kier molecular flexibility index (Phi) is 4.58. The van der Waals surface area contributed by atoms with Crippen molar-refractivity contribution in [3.63, 3.8) is 0 Å². The van der Waals surface area contributed by atoms with Crippen molar-refractivity contribution < 1.29 is 19.1 Å². The minimum atomic E-state index is -0.505. The Labute approximate surface area is 123 Å². The van der Waals surface area contributed by atoms with Crippen LogP contribution >= 0.6 is 0 Å². The molecule has 110 valence electrons. The van der Waals surface area contributed by atoms with Crippen LogP contribution in [0.5, 0.6) is 0 Å². The molecular formula is C17H18O4. The van der Waals surface area contributed by atoms with Crippen LogP contribution in [0.2, 0.25) is 0 Å². The Morgan fingerprint density at radius 3 is 2.29 bits per heavy atom. The molecule has 0 fully saturated rings. The maximum absolute atomic E-state index is 12.2. The highest BCUT2D eigenvalue weighted by atomic mass is 16.5. The third-order valence-electron chi connectivity index (χ3n) is 3.28. The van der Waals surface area contributed by atoms with Gasteiger partial charge in [0.15, 0.2) is 0 Å². The van der Waals surface area contributed by atoms with Crippen molar-refractivity contribution in [2.24, 2.45) is 0 Å². The van der Waals surface area contributed by atoms with Gasteiger partial charge in [0.2, 0.25) is 0 Å². The predicted molar refractivity (Wildman–Crippen MR) is 80.6 cm³/mol. The second-order valence-electron chi connectivity index (χ2n) is 4.59. The highest BCUT2D eigenvalue weighted by Crippen LogP contribution is 2.27. The third-order valence-corrected chi connectivity index (χ3v) is 3.28. The fraction of sp³-hybridized carbons (Fsp3) is 0.294. The first-order chi connectivity index (χ1) is 10.1. The molecule has 4 heteroatoms. The average molecular weight is 286 g/mol. The van der Waals surface area contributed by atoms with Crippen molar-refractivity contribution in [3.05, 3.63) is 47.0 Å². The van der Waals surface area contributed by atoms with Gasteiger partial charge in [0.05, 0.1) is 24.3 Å². The molecule has 0 N–H and O–H groups in total. The quantitative estimate of drug-likeness (QED) is 0.807. The number of aryl methyl sites for hydroxylation is 1. The lowest BCUT2D eigenvalue weighted by molar-refractivity contribution is 0.0478. The normalized spacial score (nSPS) is 10.4. The van der Waals surface area contributed by atoms with Gasteiger partial charge in [-0.05, 0) is 43.2 Å². The molecule has 0 amide bonds. The van der Waals surface area contributed by atoms with Crippen LogP contribution in [-0.2, 0) is 9.47 Å². The molecule has 0 saturated carbocycles. The summed E-state index contributed by atoms with van der Waals surface area (Å²) in [6, 6.07) is 9.30. The number of hydrogen-bond donors (Lipinski definition) is 0. The van der Waals surface area contributed by atoms with E-state index in [4.69, 9.17) is 9.47 Å². The summed E-state index contributed by atoms with van der Waals surface area (Å²) >= 11 is 0. The summed E-state index contributed by atoms with van der Waals surface area (Å²) in [6.45, 7) is 5.80. The summed E-state index contributed by atoms with van der Waals surface area (Å²) < 4.78 is 10.1. The van der Waals surface area contributed by atoms with E-state index in [9.17, 15) is 9.59 Å². The Morgan fingerprint density at radius 1 is 1.00 bits per heavy atom. The van der Waals surface area contributed by atoms with Crippen molar-refractivity contribution >= 4 is 22.7 Å². The van der Waals surface area contributed by atoms with Gasteiger partial charge in [-0.25, -0.2) is 9.59 Å². The number of benzene rings is 2. The minimum Gasteiger partial charge on any atom is -0.462 e. The van der Waals surface area contributed by atoms with Gasteiger partial charge in [-0.1, -0.05) is 24.3 Å².